The molecule has 0 spiro atoms. The van der Waals surface area contributed by atoms with E-state index in [1.165, 1.54) is 6.07 Å². The molecule has 1 unspecified atom stereocenters. The Hall–Kier alpha value is -2.80. The van der Waals surface area contributed by atoms with Gasteiger partial charge in [0, 0.05) is 36.1 Å². The first-order chi connectivity index (χ1) is 11.7. The molecule has 0 saturated heterocycles. The number of imidazole rings is 1. The van der Waals surface area contributed by atoms with Gasteiger partial charge in [0.25, 0.3) is 0 Å². The van der Waals surface area contributed by atoms with Crippen LogP contribution in [0.5, 0.6) is 0 Å². The van der Waals surface area contributed by atoms with Gasteiger partial charge < -0.3 is 15.0 Å². The third-order valence-electron chi connectivity index (χ3n) is 3.82. The van der Waals surface area contributed by atoms with Crippen molar-refractivity contribution in [2.45, 2.75) is 6.04 Å². The molecule has 0 aliphatic carbocycles. The SMILES string of the molecule is CNCC(CNc1ccc(-c2ccc3cncn3c2)c(F)c1)N=O. The lowest BCUT2D eigenvalue weighted by molar-refractivity contribution is 0.628. The molecule has 0 aliphatic rings. The van der Waals surface area contributed by atoms with Gasteiger partial charge in [-0.05, 0) is 31.3 Å². The summed E-state index contributed by atoms with van der Waals surface area (Å²) in [5.41, 5.74) is 2.85. The van der Waals surface area contributed by atoms with Crippen LogP contribution >= 0.6 is 0 Å². The van der Waals surface area contributed by atoms with E-state index < -0.39 is 6.04 Å². The van der Waals surface area contributed by atoms with E-state index in [1.807, 2.05) is 22.7 Å². The van der Waals surface area contributed by atoms with Crippen LogP contribution in [0.3, 0.4) is 0 Å². The molecule has 24 heavy (non-hydrogen) atoms. The second-order valence-electron chi connectivity index (χ2n) is 5.54. The number of nitroso groups, excluding NO2 is 1. The first kappa shape index (κ1) is 16.1. The summed E-state index contributed by atoms with van der Waals surface area (Å²) in [5.74, 6) is -0.330. The summed E-state index contributed by atoms with van der Waals surface area (Å²) in [6.45, 7) is 0.826. The zero-order valence-electron chi connectivity index (χ0n) is 13.2. The van der Waals surface area contributed by atoms with Gasteiger partial charge in [0.1, 0.15) is 11.9 Å². The van der Waals surface area contributed by atoms with Gasteiger partial charge in [-0.1, -0.05) is 11.2 Å². The molecular formula is C17H18FN5O. The maximum atomic E-state index is 14.5. The molecule has 0 bridgehead atoms. The topological polar surface area (TPSA) is 70.8 Å². The minimum atomic E-state index is -0.401. The molecule has 6 nitrogen and oxygen atoms in total. The van der Waals surface area contributed by atoms with Crippen molar-refractivity contribution >= 4 is 11.2 Å². The monoisotopic (exact) mass is 327 g/mol. The molecule has 3 aromatic rings. The highest BCUT2D eigenvalue weighted by molar-refractivity contribution is 5.68. The summed E-state index contributed by atoms with van der Waals surface area (Å²) in [6.07, 6.45) is 5.27. The van der Waals surface area contributed by atoms with Crippen molar-refractivity contribution in [1.29, 1.82) is 0 Å². The number of likely N-dealkylation sites (N-methyl/N-ethyl adjacent to an activating group) is 1. The van der Waals surface area contributed by atoms with E-state index in [1.54, 1.807) is 31.7 Å². The minimum Gasteiger partial charge on any atom is -0.383 e. The number of anilines is 1. The van der Waals surface area contributed by atoms with Gasteiger partial charge in [-0.2, -0.15) is 4.91 Å². The van der Waals surface area contributed by atoms with Gasteiger partial charge >= 0.3 is 0 Å². The fraction of sp³-hybridized carbons (Fsp3) is 0.235. The highest BCUT2D eigenvalue weighted by Gasteiger charge is 2.10. The summed E-state index contributed by atoms with van der Waals surface area (Å²) in [7, 11) is 1.75. The van der Waals surface area contributed by atoms with E-state index >= 15 is 0 Å². The molecule has 0 radical (unpaired) electrons. The van der Waals surface area contributed by atoms with Gasteiger partial charge in [-0.15, -0.1) is 0 Å². The lowest BCUT2D eigenvalue weighted by Gasteiger charge is -2.12. The molecule has 2 heterocycles. The zero-order valence-corrected chi connectivity index (χ0v) is 13.2. The van der Waals surface area contributed by atoms with Gasteiger partial charge in [-0.25, -0.2) is 9.37 Å². The van der Waals surface area contributed by atoms with E-state index in [9.17, 15) is 9.30 Å². The van der Waals surface area contributed by atoms with Gasteiger partial charge in [0.15, 0.2) is 0 Å². The molecule has 7 heteroatoms. The second kappa shape index (κ2) is 7.18. The average molecular weight is 327 g/mol. The van der Waals surface area contributed by atoms with Crippen molar-refractivity contribution in [3.63, 3.8) is 0 Å². The lowest BCUT2D eigenvalue weighted by Crippen LogP contribution is -2.28. The van der Waals surface area contributed by atoms with E-state index in [0.717, 1.165) is 11.1 Å². The Morgan fingerprint density at radius 2 is 2.17 bits per heavy atom. The molecule has 0 saturated carbocycles. The largest absolute Gasteiger partial charge is 0.383 e. The Kier molecular flexibility index (Phi) is 4.81. The van der Waals surface area contributed by atoms with Crippen LogP contribution in [0.2, 0.25) is 0 Å². The number of nitrogens with zero attached hydrogens (tertiary/aromatic N) is 3. The highest BCUT2D eigenvalue weighted by atomic mass is 19.1. The molecule has 3 rings (SSSR count). The molecule has 1 atom stereocenters. The van der Waals surface area contributed by atoms with Crippen molar-refractivity contribution in [3.05, 3.63) is 59.8 Å². The van der Waals surface area contributed by atoms with E-state index in [4.69, 9.17) is 0 Å². The predicted molar refractivity (Wildman–Crippen MR) is 92.6 cm³/mol. The average Bonchev–Trinajstić information content (AvgIpc) is 3.06. The molecule has 2 N–H and O–H groups in total. The fourth-order valence-corrected chi connectivity index (χ4v) is 2.56. The smallest absolute Gasteiger partial charge is 0.133 e. The maximum absolute atomic E-state index is 14.5. The number of aromatic nitrogens is 2. The highest BCUT2D eigenvalue weighted by Crippen LogP contribution is 2.25. The van der Waals surface area contributed by atoms with E-state index in [0.29, 0.717) is 24.3 Å². The minimum absolute atomic E-state index is 0.330. The van der Waals surface area contributed by atoms with Crippen LogP contribution in [0.4, 0.5) is 10.1 Å². The first-order valence-corrected chi connectivity index (χ1v) is 7.64. The van der Waals surface area contributed by atoms with Crippen molar-refractivity contribution in [2.75, 3.05) is 25.5 Å². The Bertz CT molecular complexity index is 848. The normalized spacial score (nSPS) is 12.2. The maximum Gasteiger partial charge on any atom is 0.133 e. The van der Waals surface area contributed by atoms with Crippen LogP contribution in [-0.2, 0) is 0 Å². The van der Waals surface area contributed by atoms with Crippen molar-refractivity contribution in [3.8, 4) is 11.1 Å². The Labute approximate surface area is 138 Å². The van der Waals surface area contributed by atoms with Gasteiger partial charge in [0.2, 0.25) is 0 Å². The van der Waals surface area contributed by atoms with Crippen molar-refractivity contribution in [2.24, 2.45) is 5.18 Å². The quantitative estimate of drug-likeness (QED) is 0.655. The van der Waals surface area contributed by atoms with Crippen LogP contribution in [0, 0.1) is 10.7 Å². The number of nitrogens with one attached hydrogen (secondary N) is 2. The predicted octanol–water partition coefficient (Wildman–Crippen LogP) is 2.91. The Morgan fingerprint density at radius 1 is 1.29 bits per heavy atom. The van der Waals surface area contributed by atoms with Crippen molar-refractivity contribution < 1.29 is 4.39 Å². The Balaban J connectivity index is 1.77. The second-order valence-corrected chi connectivity index (χ2v) is 5.54. The van der Waals surface area contributed by atoms with Crippen LogP contribution in [0.25, 0.3) is 16.6 Å². The molecule has 1 aromatic carbocycles. The number of hydrogen-bond acceptors (Lipinski definition) is 5. The number of rotatable bonds is 7. The number of halogens is 1. The van der Waals surface area contributed by atoms with Crippen LogP contribution in [0.15, 0.2) is 54.2 Å². The Morgan fingerprint density at radius 3 is 2.92 bits per heavy atom. The third kappa shape index (κ3) is 3.41. The summed E-state index contributed by atoms with van der Waals surface area (Å²) in [4.78, 5) is 14.8. The number of benzene rings is 1. The van der Waals surface area contributed by atoms with Crippen LogP contribution < -0.4 is 10.6 Å². The standard InChI is InChI=1S/C17H18FN5O/c1-19-7-14(22-24)8-21-13-3-5-16(17(18)6-13)12-2-4-15-9-20-11-23(15)10-12/h2-6,9-11,14,19,21H,7-8H2,1H3. The number of pyridine rings is 1. The van der Waals surface area contributed by atoms with E-state index in [2.05, 4.69) is 20.8 Å². The van der Waals surface area contributed by atoms with Gasteiger partial charge in [0.05, 0.1) is 18.0 Å². The molecule has 2 aromatic heterocycles. The lowest BCUT2D eigenvalue weighted by atomic mass is 10.1. The molecule has 0 amide bonds. The van der Waals surface area contributed by atoms with Crippen molar-refractivity contribution in [1.82, 2.24) is 14.7 Å². The summed E-state index contributed by atoms with van der Waals surface area (Å²) >= 11 is 0. The van der Waals surface area contributed by atoms with Gasteiger partial charge in [-0.3, -0.25) is 0 Å². The third-order valence-corrected chi connectivity index (χ3v) is 3.82. The summed E-state index contributed by atoms with van der Waals surface area (Å²) < 4.78 is 16.3. The van der Waals surface area contributed by atoms with Crippen LogP contribution in [0.1, 0.15) is 0 Å². The summed E-state index contributed by atoms with van der Waals surface area (Å²) in [5, 5.41) is 8.96. The fourth-order valence-electron chi connectivity index (χ4n) is 2.56. The number of hydrogen-bond donors (Lipinski definition) is 2. The zero-order chi connectivity index (χ0) is 16.9. The molecule has 124 valence electrons. The van der Waals surface area contributed by atoms with Crippen LogP contribution in [-0.4, -0.2) is 35.6 Å². The molecular weight excluding hydrogens is 309 g/mol. The molecule has 0 fully saturated rings. The summed E-state index contributed by atoms with van der Waals surface area (Å²) in [6, 6.07) is 8.29. The first-order valence-electron chi connectivity index (χ1n) is 7.64. The number of fused-ring (bicyclic) bond motifs is 1. The van der Waals surface area contributed by atoms with E-state index in [-0.39, 0.29) is 5.82 Å². The molecule has 0 aliphatic heterocycles.